The highest BCUT2D eigenvalue weighted by atomic mass is 16.2. The third-order valence-corrected chi connectivity index (χ3v) is 3.02. The predicted molar refractivity (Wildman–Crippen MR) is 81.5 cm³/mol. The van der Waals surface area contributed by atoms with E-state index in [0.29, 0.717) is 12.0 Å². The van der Waals surface area contributed by atoms with Crippen LogP contribution in [0.15, 0.2) is 24.3 Å². The molecule has 3 heteroatoms. The number of benzene rings is 1. The molecule has 0 heterocycles. The monoisotopic (exact) mass is 273 g/mol. The largest absolute Gasteiger partial charge is 0.395 e. The smallest absolute Gasteiger partial charge is 0.253 e. The number of aliphatic hydroxyl groups is 1. The van der Waals surface area contributed by atoms with Crippen LogP contribution < -0.4 is 0 Å². The Kier molecular flexibility index (Phi) is 7.46. The van der Waals surface area contributed by atoms with Crippen molar-refractivity contribution >= 4 is 5.91 Å². The maximum Gasteiger partial charge on any atom is 0.253 e. The Morgan fingerprint density at radius 1 is 1.35 bits per heavy atom. The van der Waals surface area contributed by atoms with Gasteiger partial charge in [-0.1, -0.05) is 37.7 Å². The molecule has 108 valence electrons. The second kappa shape index (κ2) is 9.17. The first-order chi connectivity index (χ1) is 9.69. The summed E-state index contributed by atoms with van der Waals surface area (Å²) in [6.45, 7) is 3.00. The van der Waals surface area contributed by atoms with E-state index >= 15 is 0 Å². The zero-order valence-corrected chi connectivity index (χ0v) is 12.4. The fourth-order valence-electron chi connectivity index (χ4n) is 1.87. The van der Waals surface area contributed by atoms with E-state index in [1.165, 1.54) is 0 Å². The third-order valence-electron chi connectivity index (χ3n) is 3.02. The zero-order chi connectivity index (χ0) is 14.8. The highest BCUT2D eigenvalue weighted by Crippen LogP contribution is 2.08. The van der Waals surface area contributed by atoms with Gasteiger partial charge in [0, 0.05) is 31.1 Å². The molecular formula is C17H23NO2. The molecule has 0 aliphatic heterocycles. The number of hydrogen-bond acceptors (Lipinski definition) is 2. The van der Waals surface area contributed by atoms with E-state index in [2.05, 4.69) is 18.8 Å². The van der Waals surface area contributed by atoms with Gasteiger partial charge in [-0.05, 0) is 24.6 Å². The predicted octanol–water partition coefficient (Wildman–Crippen LogP) is 2.68. The molecule has 0 fully saturated rings. The van der Waals surface area contributed by atoms with E-state index in [9.17, 15) is 4.79 Å². The van der Waals surface area contributed by atoms with Crippen LogP contribution in [0.2, 0.25) is 0 Å². The summed E-state index contributed by atoms with van der Waals surface area (Å²) >= 11 is 0. The SMILES string of the molecule is CCCCCN(C)C(=O)c1cccc(C#CCCO)c1. The minimum Gasteiger partial charge on any atom is -0.395 e. The summed E-state index contributed by atoms with van der Waals surface area (Å²) in [4.78, 5) is 14.0. The number of amides is 1. The van der Waals surface area contributed by atoms with Crippen molar-refractivity contribution in [3.63, 3.8) is 0 Å². The molecule has 0 bridgehead atoms. The van der Waals surface area contributed by atoms with Crippen molar-refractivity contribution in [3.8, 4) is 11.8 Å². The Morgan fingerprint density at radius 3 is 2.85 bits per heavy atom. The van der Waals surface area contributed by atoms with Crippen molar-refractivity contribution in [3.05, 3.63) is 35.4 Å². The molecule has 20 heavy (non-hydrogen) atoms. The molecule has 0 radical (unpaired) electrons. The maximum absolute atomic E-state index is 12.3. The standard InChI is InChI=1S/C17H23NO2/c1-3-4-6-12-18(2)17(20)16-11-8-10-15(14-16)9-5-7-13-19/h8,10-11,14,19H,3-4,6-7,12-13H2,1-2H3. The van der Waals surface area contributed by atoms with Crippen molar-refractivity contribution in [1.82, 2.24) is 4.90 Å². The number of unbranched alkanes of at least 4 members (excludes halogenated alkanes) is 2. The normalized spacial score (nSPS) is 9.75. The van der Waals surface area contributed by atoms with Crippen LogP contribution in [0.5, 0.6) is 0 Å². The molecule has 0 unspecified atom stereocenters. The number of aliphatic hydroxyl groups excluding tert-OH is 1. The lowest BCUT2D eigenvalue weighted by Gasteiger charge is -2.17. The van der Waals surface area contributed by atoms with Gasteiger partial charge in [-0.3, -0.25) is 4.79 Å². The minimum absolute atomic E-state index is 0.0342. The summed E-state index contributed by atoms with van der Waals surface area (Å²) < 4.78 is 0. The van der Waals surface area contributed by atoms with Crippen LogP contribution in [0.4, 0.5) is 0 Å². The van der Waals surface area contributed by atoms with Gasteiger partial charge in [0.05, 0.1) is 6.61 Å². The highest BCUT2D eigenvalue weighted by molar-refractivity contribution is 5.94. The summed E-state index contributed by atoms with van der Waals surface area (Å²) in [6.07, 6.45) is 3.78. The van der Waals surface area contributed by atoms with Crippen molar-refractivity contribution in [2.75, 3.05) is 20.2 Å². The highest BCUT2D eigenvalue weighted by Gasteiger charge is 2.11. The molecular weight excluding hydrogens is 250 g/mol. The van der Waals surface area contributed by atoms with Crippen LogP contribution in [0, 0.1) is 11.8 Å². The fraction of sp³-hybridized carbons (Fsp3) is 0.471. The van der Waals surface area contributed by atoms with E-state index < -0.39 is 0 Å². The van der Waals surface area contributed by atoms with Crippen LogP contribution in [0.1, 0.15) is 48.5 Å². The van der Waals surface area contributed by atoms with Gasteiger partial charge in [0.25, 0.3) is 5.91 Å². The molecule has 1 rings (SSSR count). The van der Waals surface area contributed by atoms with Crippen molar-refractivity contribution in [1.29, 1.82) is 0 Å². The van der Waals surface area contributed by atoms with Gasteiger partial charge in [-0.2, -0.15) is 0 Å². The van der Waals surface area contributed by atoms with E-state index in [-0.39, 0.29) is 12.5 Å². The number of carbonyl (C=O) groups is 1. The van der Waals surface area contributed by atoms with Crippen molar-refractivity contribution in [2.24, 2.45) is 0 Å². The Balaban J connectivity index is 2.68. The maximum atomic E-state index is 12.3. The topological polar surface area (TPSA) is 40.5 Å². The van der Waals surface area contributed by atoms with Gasteiger partial charge < -0.3 is 10.0 Å². The Morgan fingerprint density at radius 2 is 2.15 bits per heavy atom. The summed E-state index contributed by atoms with van der Waals surface area (Å²) in [7, 11) is 1.84. The molecule has 0 saturated heterocycles. The average Bonchev–Trinajstić information content (AvgIpc) is 2.47. The molecule has 0 aliphatic rings. The van der Waals surface area contributed by atoms with E-state index in [1.807, 2.05) is 31.3 Å². The molecule has 0 saturated carbocycles. The van der Waals surface area contributed by atoms with Crippen LogP contribution in [-0.4, -0.2) is 36.1 Å². The second-order valence-electron chi connectivity index (χ2n) is 4.79. The number of hydrogen-bond donors (Lipinski definition) is 1. The molecule has 1 aromatic carbocycles. The Bertz CT molecular complexity index is 485. The Hall–Kier alpha value is -1.79. The fourth-order valence-corrected chi connectivity index (χ4v) is 1.87. The lowest BCUT2D eigenvalue weighted by Crippen LogP contribution is -2.27. The first-order valence-corrected chi connectivity index (χ1v) is 7.14. The van der Waals surface area contributed by atoms with Crippen LogP contribution >= 0.6 is 0 Å². The molecule has 1 aromatic rings. The summed E-state index contributed by atoms with van der Waals surface area (Å²) in [5.41, 5.74) is 1.48. The molecule has 3 nitrogen and oxygen atoms in total. The molecule has 1 amide bonds. The zero-order valence-electron chi connectivity index (χ0n) is 12.4. The molecule has 0 atom stereocenters. The summed E-state index contributed by atoms with van der Waals surface area (Å²) in [5, 5.41) is 8.70. The van der Waals surface area contributed by atoms with Gasteiger partial charge in [0.15, 0.2) is 0 Å². The van der Waals surface area contributed by atoms with E-state index in [0.717, 1.165) is 31.4 Å². The van der Waals surface area contributed by atoms with Gasteiger partial charge >= 0.3 is 0 Å². The van der Waals surface area contributed by atoms with Gasteiger partial charge in [0.2, 0.25) is 0 Å². The first kappa shape index (κ1) is 16.3. The minimum atomic E-state index is 0.0342. The van der Waals surface area contributed by atoms with E-state index in [4.69, 9.17) is 5.11 Å². The number of carbonyl (C=O) groups excluding carboxylic acids is 1. The van der Waals surface area contributed by atoms with Crippen LogP contribution in [-0.2, 0) is 0 Å². The Labute approximate surface area is 121 Å². The molecule has 1 N–H and O–H groups in total. The lowest BCUT2D eigenvalue weighted by molar-refractivity contribution is 0.0792. The van der Waals surface area contributed by atoms with Gasteiger partial charge in [-0.15, -0.1) is 0 Å². The van der Waals surface area contributed by atoms with Gasteiger partial charge in [-0.25, -0.2) is 0 Å². The molecule has 0 aliphatic carbocycles. The van der Waals surface area contributed by atoms with Crippen LogP contribution in [0.25, 0.3) is 0 Å². The first-order valence-electron chi connectivity index (χ1n) is 7.14. The second-order valence-corrected chi connectivity index (χ2v) is 4.79. The average molecular weight is 273 g/mol. The van der Waals surface area contributed by atoms with Crippen molar-refractivity contribution in [2.45, 2.75) is 32.6 Å². The third kappa shape index (κ3) is 5.46. The van der Waals surface area contributed by atoms with Crippen molar-refractivity contribution < 1.29 is 9.90 Å². The molecule has 0 spiro atoms. The lowest BCUT2D eigenvalue weighted by atomic mass is 10.1. The summed E-state index contributed by atoms with van der Waals surface area (Å²) in [6, 6.07) is 7.34. The summed E-state index contributed by atoms with van der Waals surface area (Å²) in [5.74, 6) is 5.85. The number of nitrogens with zero attached hydrogens (tertiary/aromatic N) is 1. The number of rotatable bonds is 6. The van der Waals surface area contributed by atoms with Gasteiger partial charge in [0.1, 0.15) is 0 Å². The van der Waals surface area contributed by atoms with E-state index in [1.54, 1.807) is 4.90 Å². The quantitative estimate of drug-likeness (QED) is 0.639. The molecule has 0 aromatic heterocycles. The van der Waals surface area contributed by atoms with Crippen LogP contribution in [0.3, 0.4) is 0 Å².